The first-order valence-electron chi connectivity index (χ1n) is 25.5. The minimum atomic E-state index is -3.86. The quantitative estimate of drug-likeness (QED) is 0.0707. The summed E-state index contributed by atoms with van der Waals surface area (Å²) >= 11 is 0. The number of urea groups is 1. The fourth-order valence-electron chi connectivity index (χ4n) is 11.4. The summed E-state index contributed by atoms with van der Waals surface area (Å²) < 4.78 is 50.5. The lowest BCUT2D eigenvalue weighted by Gasteiger charge is -2.57. The lowest BCUT2D eigenvalue weighted by Crippen LogP contribution is -2.59. The maximum Gasteiger partial charge on any atom is 0.508 e. The first-order valence-corrected chi connectivity index (χ1v) is 27.1. The molecule has 0 aromatic heterocycles. The van der Waals surface area contributed by atoms with Crippen molar-refractivity contribution in [2.75, 3.05) is 52.5 Å². The first kappa shape index (κ1) is 52.2. The highest BCUT2D eigenvalue weighted by Gasteiger charge is 2.66. The maximum absolute atomic E-state index is 14.4. The van der Waals surface area contributed by atoms with Crippen LogP contribution in [0.25, 0.3) is 0 Å². The van der Waals surface area contributed by atoms with Crippen molar-refractivity contribution in [1.82, 2.24) is 25.8 Å². The van der Waals surface area contributed by atoms with E-state index in [0.29, 0.717) is 76.9 Å². The van der Waals surface area contributed by atoms with Crippen molar-refractivity contribution in [2.45, 2.75) is 138 Å². The van der Waals surface area contributed by atoms with Gasteiger partial charge in [-0.1, -0.05) is 54.6 Å². The number of carbonyl (C=O) groups excluding carboxylic acids is 5. The highest BCUT2D eigenvalue weighted by molar-refractivity contribution is 7.94. The van der Waals surface area contributed by atoms with Crippen LogP contribution in [0.2, 0.25) is 0 Å². The van der Waals surface area contributed by atoms with E-state index in [4.69, 9.17) is 28.7 Å². The standard InChI is InChI=1S/C52H71N5O13S/c1-50(2,36-44(55-48(61)57-25-28-65-29-26-57)47(60)54-42(17-16-37-11-5-3-6-12-37)19-30-71(63,64)43-13-7-4-8-14-43)67-49(62)66-27-21-51(20-18-45(58)53-22-10-24-56-23-9-15-46(56)59)68-52(70-69-51)40-32-38-31-39(34-40)35-41(52)33-38/h3-8,11-14,19,30,38-42,44H,9-10,15-18,20-29,31-36H2,1-2H3,(H,53,58)(H,54,60)(H,55,61)/b30-19+/t38?,39?,40?,41?,42-,44-,51+,52?/m0/s1. The number of rotatable bonds is 22. The molecule has 7 aliphatic rings. The third-order valence-corrected chi connectivity index (χ3v) is 16.4. The number of nitrogens with zero attached hydrogens (tertiary/aromatic N) is 2. The minimum Gasteiger partial charge on any atom is -0.434 e. The van der Waals surface area contributed by atoms with Crippen molar-refractivity contribution in [3.05, 3.63) is 77.7 Å². The molecule has 5 amide bonds. The molecule has 4 saturated carbocycles. The van der Waals surface area contributed by atoms with Gasteiger partial charge < -0.3 is 44.7 Å². The van der Waals surface area contributed by atoms with E-state index in [1.165, 1.54) is 29.5 Å². The molecule has 3 saturated heterocycles. The number of hydrogen-bond acceptors (Lipinski definition) is 13. The van der Waals surface area contributed by atoms with Gasteiger partial charge in [-0.25, -0.2) is 18.0 Å². The molecule has 71 heavy (non-hydrogen) atoms. The predicted molar refractivity (Wildman–Crippen MR) is 258 cm³/mol. The van der Waals surface area contributed by atoms with Gasteiger partial charge in [0, 0.05) is 88.1 Å². The molecule has 9 rings (SSSR count). The van der Waals surface area contributed by atoms with Gasteiger partial charge in [0.1, 0.15) is 18.2 Å². The molecule has 2 aromatic carbocycles. The Kier molecular flexibility index (Phi) is 17.1. The van der Waals surface area contributed by atoms with Gasteiger partial charge in [0.2, 0.25) is 29.3 Å². The second-order valence-corrected chi connectivity index (χ2v) is 22.6. The van der Waals surface area contributed by atoms with Crippen LogP contribution in [-0.4, -0.2) is 130 Å². The molecule has 7 fully saturated rings. The molecule has 18 nitrogen and oxygen atoms in total. The van der Waals surface area contributed by atoms with Crippen LogP contribution >= 0.6 is 0 Å². The lowest BCUT2D eigenvalue weighted by molar-refractivity contribution is -0.389. The average Bonchev–Trinajstić information content (AvgIpc) is 3.95. The van der Waals surface area contributed by atoms with Crippen LogP contribution in [-0.2, 0) is 59.4 Å². The largest absolute Gasteiger partial charge is 0.508 e. The molecule has 3 heterocycles. The third kappa shape index (κ3) is 13.7. The molecule has 0 radical (unpaired) electrons. The third-order valence-electron chi connectivity index (χ3n) is 14.9. The number of morpholine rings is 1. The Hall–Kier alpha value is -5.08. The lowest BCUT2D eigenvalue weighted by atomic mass is 9.53. The van der Waals surface area contributed by atoms with Crippen LogP contribution in [0.5, 0.6) is 0 Å². The fourth-order valence-corrected chi connectivity index (χ4v) is 12.5. The molecule has 19 heteroatoms. The van der Waals surface area contributed by atoms with Crippen molar-refractivity contribution in [3.63, 3.8) is 0 Å². The summed E-state index contributed by atoms with van der Waals surface area (Å²) in [5.74, 6) is -1.42. The zero-order valence-electron chi connectivity index (χ0n) is 41.1. The van der Waals surface area contributed by atoms with E-state index in [1.54, 1.807) is 32.0 Å². The van der Waals surface area contributed by atoms with Gasteiger partial charge in [0.25, 0.3) is 0 Å². The second kappa shape index (κ2) is 23.2. The van der Waals surface area contributed by atoms with Crippen molar-refractivity contribution < 1.29 is 61.1 Å². The van der Waals surface area contributed by atoms with Crippen molar-refractivity contribution >= 4 is 39.7 Å². The van der Waals surface area contributed by atoms with Crippen LogP contribution < -0.4 is 16.0 Å². The molecule has 0 unspecified atom stereocenters. The van der Waals surface area contributed by atoms with E-state index in [1.807, 2.05) is 35.2 Å². The van der Waals surface area contributed by atoms with E-state index < -0.39 is 57.2 Å². The molecule has 388 valence electrons. The summed E-state index contributed by atoms with van der Waals surface area (Å²) in [5.41, 5.74) is -0.396. The van der Waals surface area contributed by atoms with Crippen LogP contribution in [0, 0.1) is 23.7 Å². The second-order valence-electron chi connectivity index (χ2n) is 20.7. The Balaban J connectivity index is 0.909. The number of amides is 5. The highest BCUT2D eigenvalue weighted by atomic mass is 32.2. The molecular weight excluding hydrogens is 935 g/mol. The number of sulfone groups is 1. The van der Waals surface area contributed by atoms with Gasteiger partial charge >= 0.3 is 12.2 Å². The van der Waals surface area contributed by atoms with Crippen LogP contribution in [0.3, 0.4) is 0 Å². The number of nitrogens with one attached hydrogen (secondary N) is 3. The molecular formula is C52H71N5O13S. The molecule has 3 atom stereocenters. The van der Waals surface area contributed by atoms with Crippen LogP contribution in [0.15, 0.2) is 77.0 Å². The van der Waals surface area contributed by atoms with Gasteiger partial charge in [-0.2, -0.15) is 9.78 Å². The molecule has 3 aliphatic heterocycles. The van der Waals surface area contributed by atoms with Gasteiger partial charge in [-0.15, -0.1) is 0 Å². The highest BCUT2D eigenvalue weighted by Crippen LogP contribution is 2.63. The van der Waals surface area contributed by atoms with E-state index in [-0.39, 0.29) is 60.8 Å². The normalized spacial score (nSPS) is 26.9. The zero-order chi connectivity index (χ0) is 50.1. The number of likely N-dealkylation sites (tertiary alicyclic amines) is 1. The summed E-state index contributed by atoms with van der Waals surface area (Å²) in [6.45, 7) is 6.02. The van der Waals surface area contributed by atoms with Crippen molar-refractivity contribution in [2.24, 2.45) is 23.7 Å². The fraction of sp³-hybridized carbons (Fsp3) is 0.635. The Morgan fingerprint density at radius 3 is 2.25 bits per heavy atom. The SMILES string of the molecule is CC(C)(C[C@H](NC(=O)N1CCOCC1)C(=O)N[C@H](/C=C/S(=O)(=O)c1ccccc1)CCc1ccccc1)OC(=O)OCC[C@@]1(CCC(=O)NCCCN2CCCC2=O)OOC2(O1)C1CC3CC(C1)CC2C3. The van der Waals surface area contributed by atoms with Gasteiger partial charge in [0.15, 0.2) is 9.84 Å². The number of carbonyl (C=O) groups is 5. The smallest absolute Gasteiger partial charge is 0.434 e. The number of hydrogen-bond donors (Lipinski definition) is 3. The molecule has 2 aromatic rings. The predicted octanol–water partition coefficient (Wildman–Crippen LogP) is 5.95. The van der Waals surface area contributed by atoms with Gasteiger partial charge in [-0.05, 0) is 101 Å². The number of ether oxygens (including phenoxy) is 4. The summed E-state index contributed by atoms with van der Waals surface area (Å²) in [4.78, 5) is 82.6. The Labute approximate surface area is 417 Å². The van der Waals surface area contributed by atoms with Crippen LogP contribution in [0.1, 0.15) is 103 Å². The minimum absolute atomic E-state index is 0.0411. The molecule has 3 N–H and O–H groups in total. The zero-order valence-corrected chi connectivity index (χ0v) is 41.9. The van der Waals surface area contributed by atoms with Crippen molar-refractivity contribution in [1.29, 1.82) is 0 Å². The van der Waals surface area contributed by atoms with Crippen LogP contribution in [0.4, 0.5) is 9.59 Å². The van der Waals surface area contributed by atoms with E-state index in [9.17, 15) is 32.4 Å². The Bertz CT molecular complexity index is 2280. The summed E-state index contributed by atoms with van der Waals surface area (Å²) in [5, 5.41) is 9.83. The Morgan fingerprint density at radius 2 is 1.58 bits per heavy atom. The molecule has 1 spiro atoms. The van der Waals surface area contributed by atoms with Gasteiger partial charge in [-0.3, -0.25) is 14.4 Å². The average molecular weight is 1010 g/mol. The topological polar surface area (TPSA) is 217 Å². The monoisotopic (exact) mass is 1010 g/mol. The number of aryl methyl sites for hydroxylation is 1. The molecule has 4 bridgehead atoms. The maximum atomic E-state index is 14.4. The summed E-state index contributed by atoms with van der Waals surface area (Å²) in [7, 11) is -3.86. The molecule has 4 aliphatic carbocycles. The number of benzene rings is 2. The van der Waals surface area contributed by atoms with Crippen molar-refractivity contribution in [3.8, 4) is 0 Å². The summed E-state index contributed by atoms with van der Waals surface area (Å²) in [6, 6.07) is 15.0. The van der Waals surface area contributed by atoms with E-state index in [0.717, 1.165) is 49.6 Å². The summed E-state index contributed by atoms with van der Waals surface area (Å²) in [6.07, 6.45) is 8.55. The van der Waals surface area contributed by atoms with E-state index in [2.05, 4.69) is 16.0 Å². The van der Waals surface area contributed by atoms with Gasteiger partial charge in [0.05, 0.1) is 18.1 Å². The van der Waals surface area contributed by atoms with E-state index >= 15 is 0 Å². The Morgan fingerprint density at radius 1 is 0.887 bits per heavy atom. The first-order chi connectivity index (χ1) is 34.1.